The van der Waals surface area contributed by atoms with Gasteiger partial charge in [0.2, 0.25) is 0 Å². The van der Waals surface area contributed by atoms with Gasteiger partial charge in [0.05, 0.1) is 19.5 Å². The average molecular weight is 423 g/mol. The van der Waals surface area contributed by atoms with Crippen LogP contribution in [0.2, 0.25) is 0 Å². The van der Waals surface area contributed by atoms with Crippen molar-refractivity contribution in [3.05, 3.63) is 37.4 Å². The van der Waals surface area contributed by atoms with Crippen molar-refractivity contribution < 1.29 is 14.7 Å². The number of nitrogens with zero attached hydrogens (tertiary/aromatic N) is 1. The van der Waals surface area contributed by atoms with Crippen LogP contribution < -0.4 is 5.32 Å². The molecule has 6 nitrogen and oxygen atoms in total. The SMILES string of the molecule is O=C(NC(Cc1cnc[nH]1)C(=O)O)c1cc(Br)sc1Br. The lowest BCUT2D eigenvalue weighted by Gasteiger charge is -2.13. The van der Waals surface area contributed by atoms with Crippen LogP contribution in [0, 0.1) is 0 Å². The van der Waals surface area contributed by atoms with Gasteiger partial charge in [0.1, 0.15) is 6.04 Å². The van der Waals surface area contributed by atoms with Crippen LogP contribution >= 0.6 is 43.2 Å². The van der Waals surface area contributed by atoms with E-state index >= 15 is 0 Å². The molecule has 1 unspecified atom stereocenters. The van der Waals surface area contributed by atoms with Gasteiger partial charge in [-0.2, -0.15) is 0 Å². The first-order chi connectivity index (χ1) is 9.47. The smallest absolute Gasteiger partial charge is 0.326 e. The third kappa shape index (κ3) is 3.68. The van der Waals surface area contributed by atoms with E-state index in [-0.39, 0.29) is 6.42 Å². The Balaban J connectivity index is 2.10. The number of imidazole rings is 1. The van der Waals surface area contributed by atoms with Crippen LogP contribution in [0.25, 0.3) is 0 Å². The number of H-pyrrole nitrogens is 1. The number of thiophene rings is 1. The number of aliphatic carboxylic acids is 1. The van der Waals surface area contributed by atoms with Crippen LogP contribution in [0.15, 0.2) is 26.2 Å². The molecule has 9 heteroatoms. The molecule has 106 valence electrons. The van der Waals surface area contributed by atoms with Crippen LogP contribution in [0.3, 0.4) is 0 Å². The summed E-state index contributed by atoms with van der Waals surface area (Å²) in [5.74, 6) is -1.54. The van der Waals surface area contributed by atoms with Crippen molar-refractivity contribution in [2.75, 3.05) is 0 Å². The molecule has 0 aliphatic rings. The van der Waals surface area contributed by atoms with Gasteiger partial charge in [-0.25, -0.2) is 9.78 Å². The van der Waals surface area contributed by atoms with Crippen LogP contribution in [0.1, 0.15) is 16.1 Å². The number of carbonyl (C=O) groups excluding carboxylic acids is 1. The lowest BCUT2D eigenvalue weighted by atomic mass is 10.1. The lowest BCUT2D eigenvalue weighted by Crippen LogP contribution is -2.42. The van der Waals surface area contributed by atoms with Gasteiger partial charge >= 0.3 is 5.97 Å². The fourth-order valence-electron chi connectivity index (χ4n) is 1.55. The van der Waals surface area contributed by atoms with Gasteiger partial charge in [-0.15, -0.1) is 11.3 Å². The van der Waals surface area contributed by atoms with E-state index in [1.54, 1.807) is 6.07 Å². The second-order valence-corrected chi connectivity index (χ2v) is 7.63. The number of aromatic amines is 1. The monoisotopic (exact) mass is 421 g/mol. The van der Waals surface area contributed by atoms with Gasteiger partial charge in [0.15, 0.2) is 0 Å². The van der Waals surface area contributed by atoms with Gasteiger partial charge in [-0.3, -0.25) is 4.79 Å². The molecule has 0 saturated heterocycles. The zero-order valence-electron chi connectivity index (χ0n) is 9.89. The maximum atomic E-state index is 12.1. The van der Waals surface area contributed by atoms with E-state index in [9.17, 15) is 14.7 Å². The summed E-state index contributed by atoms with van der Waals surface area (Å²) in [6, 6.07) is 0.618. The Kier molecular flexibility index (Phi) is 4.95. The van der Waals surface area contributed by atoms with Gasteiger partial charge in [-0.1, -0.05) is 0 Å². The Bertz CT molecular complexity index is 627. The second kappa shape index (κ2) is 6.51. The predicted octanol–water partition coefficient (Wildman–Crippen LogP) is 2.42. The fraction of sp³-hybridized carbons (Fsp3) is 0.182. The standard InChI is InChI=1S/C11H9Br2N3O3S/c12-8-2-6(9(13)20-8)10(17)16-7(11(18)19)1-5-3-14-4-15-5/h2-4,7H,1H2,(H,14,15)(H,16,17)(H,18,19). The van der Waals surface area contributed by atoms with Gasteiger partial charge in [-0.05, 0) is 37.9 Å². The molecular formula is C11H9Br2N3O3S. The third-order valence-corrected chi connectivity index (χ3v) is 4.82. The molecular weight excluding hydrogens is 414 g/mol. The Morgan fingerprint density at radius 3 is 2.75 bits per heavy atom. The number of hydrogen-bond acceptors (Lipinski definition) is 4. The topological polar surface area (TPSA) is 95.1 Å². The normalized spacial score (nSPS) is 12.1. The summed E-state index contributed by atoms with van der Waals surface area (Å²) in [5.41, 5.74) is 1.04. The molecule has 1 amide bonds. The molecule has 1 atom stereocenters. The minimum atomic E-state index is -1.10. The van der Waals surface area contributed by atoms with E-state index in [4.69, 9.17) is 0 Å². The highest BCUT2D eigenvalue weighted by molar-refractivity contribution is 9.12. The highest BCUT2D eigenvalue weighted by Gasteiger charge is 2.23. The number of halogens is 2. The molecule has 0 spiro atoms. The van der Waals surface area contributed by atoms with Crippen LogP contribution in [-0.2, 0) is 11.2 Å². The molecule has 0 fully saturated rings. The molecule has 0 aromatic carbocycles. The number of hydrogen-bond donors (Lipinski definition) is 3. The Morgan fingerprint density at radius 1 is 1.50 bits per heavy atom. The summed E-state index contributed by atoms with van der Waals surface area (Å²) in [6.45, 7) is 0. The first-order valence-electron chi connectivity index (χ1n) is 5.43. The molecule has 0 radical (unpaired) electrons. The summed E-state index contributed by atoms with van der Waals surface area (Å²) >= 11 is 7.89. The highest BCUT2D eigenvalue weighted by Crippen LogP contribution is 2.31. The molecule has 0 saturated carbocycles. The maximum absolute atomic E-state index is 12.1. The van der Waals surface area contributed by atoms with Crippen molar-refractivity contribution in [1.82, 2.24) is 15.3 Å². The van der Waals surface area contributed by atoms with Crippen molar-refractivity contribution in [3.63, 3.8) is 0 Å². The number of carboxylic acid groups (broad SMARTS) is 1. The minimum Gasteiger partial charge on any atom is -0.480 e. The number of carboxylic acids is 1. The van der Waals surface area contributed by atoms with Crippen molar-refractivity contribution in [2.45, 2.75) is 12.5 Å². The van der Waals surface area contributed by atoms with Crippen molar-refractivity contribution in [2.24, 2.45) is 0 Å². The molecule has 2 aromatic rings. The zero-order chi connectivity index (χ0) is 14.7. The van der Waals surface area contributed by atoms with E-state index in [2.05, 4.69) is 47.1 Å². The molecule has 0 aliphatic heterocycles. The summed E-state index contributed by atoms with van der Waals surface area (Å²) in [6.07, 6.45) is 3.13. The van der Waals surface area contributed by atoms with Crippen molar-refractivity contribution >= 4 is 55.1 Å². The Labute approximate surface area is 134 Å². The first kappa shape index (κ1) is 15.2. The van der Waals surface area contributed by atoms with Crippen molar-refractivity contribution in [3.8, 4) is 0 Å². The average Bonchev–Trinajstić information content (AvgIpc) is 2.97. The summed E-state index contributed by atoms with van der Waals surface area (Å²) in [5, 5.41) is 11.7. The van der Waals surface area contributed by atoms with E-state index in [1.165, 1.54) is 23.9 Å². The Hall–Kier alpha value is -1.19. The number of aromatic nitrogens is 2. The number of amides is 1. The summed E-state index contributed by atoms with van der Waals surface area (Å²) in [7, 11) is 0. The van der Waals surface area contributed by atoms with Crippen LogP contribution in [-0.4, -0.2) is 33.0 Å². The predicted molar refractivity (Wildman–Crippen MR) is 80.9 cm³/mol. The Morgan fingerprint density at radius 2 is 2.25 bits per heavy atom. The highest BCUT2D eigenvalue weighted by atomic mass is 79.9. The second-order valence-electron chi connectivity index (χ2n) is 3.88. The first-order valence-corrected chi connectivity index (χ1v) is 7.83. The zero-order valence-corrected chi connectivity index (χ0v) is 13.9. The van der Waals surface area contributed by atoms with Crippen molar-refractivity contribution in [1.29, 1.82) is 0 Å². The van der Waals surface area contributed by atoms with Gasteiger partial charge < -0.3 is 15.4 Å². The number of carbonyl (C=O) groups is 2. The van der Waals surface area contributed by atoms with Gasteiger partial charge in [0.25, 0.3) is 5.91 Å². The van der Waals surface area contributed by atoms with E-state index in [0.717, 1.165) is 3.79 Å². The summed E-state index contributed by atoms with van der Waals surface area (Å²) < 4.78 is 1.43. The third-order valence-electron chi connectivity index (χ3n) is 2.48. The van der Waals surface area contributed by atoms with Gasteiger partial charge in [0, 0.05) is 18.3 Å². The van der Waals surface area contributed by atoms with E-state index < -0.39 is 17.9 Å². The molecule has 20 heavy (non-hydrogen) atoms. The molecule has 3 N–H and O–H groups in total. The molecule has 2 heterocycles. The van der Waals surface area contributed by atoms with E-state index in [1.807, 2.05) is 0 Å². The molecule has 2 aromatic heterocycles. The molecule has 0 aliphatic carbocycles. The van der Waals surface area contributed by atoms with Crippen LogP contribution in [0.5, 0.6) is 0 Å². The maximum Gasteiger partial charge on any atom is 0.326 e. The summed E-state index contributed by atoms with van der Waals surface area (Å²) in [4.78, 5) is 29.9. The van der Waals surface area contributed by atoms with E-state index in [0.29, 0.717) is 15.0 Å². The van der Waals surface area contributed by atoms with Crippen LogP contribution in [0.4, 0.5) is 0 Å². The quantitative estimate of drug-likeness (QED) is 0.689. The molecule has 0 bridgehead atoms. The fourth-order valence-corrected chi connectivity index (χ4v) is 4.34. The lowest BCUT2D eigenvalue weighted by molar-refractivity contribution is -0.139. The number of nitrogens with one attached hydrogen (secondary N) is 2. The largest absolute Gasteiger partial charge is 0.480 e. The minimum absolute atomic E-state index is 0.143. The number of rotatable bonds is 5. The molecule has 2 rings (SSSR count).